The molecule has 1 saturated heterocycles. The van der Waals surface area contributed by atoms with Crippen LogP contribution in [-0.4, -0.2) is 31.6 Å². The maximum absolute atomic E-state index is 11.9. The van der Waals surface area contributed by atoms with E-state index in [0.717, 1.165) is 30.5 Å². The van der Waals surface area contributed by atoms with Crippen molar-refractivity contribution < 1.29 is 9.53 Å². The Balaban J connectivity index is 1.69. The first kappa shape index (κ1) is 15.3. The third-order valence-corrected chi connectivity index (χ3v) is 4.04. The lowest BCUT2D eigenvalue weighted by Gasteiger charge is -2.15. The van der Waals surface area contributed by atoms with Gasteiger partial charge in [0.25, 0.3) is 5.91 Å². The monoisotopic (exact) mass is 340 g/mol. The van der Waals surface area contributed by atoms with E-state index >= 15 is 0 Å². The molecule has 1 aliphatic rings. The molecule has 4 nitrogen and oxygen atoms in total. The molecule has 2 rings (SSSR count). The number of hydrogen-bond acceptors (Lipinski definition) is 3. The summed E-state index contributed by atoms with van der Waals surface area (Å²) in [7, 11) is 0. The van der Waals surface area contributed by atoms with Gasteiger partial charge in [-0.15, -0.1) is 0 Å². The van der Waals surface area contributed by atoms with Gasteiger partial charge in [0.15, 0.2) is 6.10 Å². The van der Waals surface area contributed by atoms with Crippen molar-refractivity contribution in [3.63, 3.8) is 0 Å². The molecule has 2 N–H and O–H groups in total. The van der Waals surface area contributed by atoms with E-state index in [0.29, 0.717) is 11.7 Å². The van der Waals surface area contributed by atoms with Crippen LogP contribution in [0, 0.1) is 5.92 Å². The molecule has 0 saturated carbocycles. The lowest BCUT2D eigenvalue weighted by molar-refractivity contribution is -0.127. The highest BCUT2D eigenvalue weighted by Gasteiger charge is 2.17. The summed E-state index contributed by atoms with van der Waals surface area (Å²) in [6, 6.07) is 7.48. The number of benzene rings is 1. The number of carbonyl (C=O) groups excluding carboxylic acids is 1. The number of hydrogen-bond donors (Lipinski definition) is 2. The summed E-state index contributed by atoms with van der Waals surface area (Å²) in [5.41, 5.74) is 0. The Morgan fingerprint density at radius 3 is 2.90 bits per heavy atom. The topological polar surface area (TPSA) is 50.4 Å². The fraction of sp³-hybridized carbons (Fsp3) is 0.533. The first-order valence-electron chi connectivity index (χ1n) is 7.06. The largest absolute Gasteiger partial charge is 0.481 e. The molecule has 0 aromatic heterocycles. The fourth-order valence-corrected chi connectivity index (χ4v) is 2.54. The number of amides is 1. The van der Waals surface area contributed by atoms with Gasteiger partial charge in [0.2, 0.25) is 0 Å². The lowest BCUT2D eigenvalue weighted by Crippen LogP contribution is -2.37. The van der Waals surface area contributed by atoms with E-state index < -0.39 is 6.10 Å². The number of rotatable bonds is 6. The van der Waals surface area contributed by atoms with Crippen molar-refractivity contribution in [3.8, 4) is 5.75 Å². The van der Waals surface area contributed by atoms with Gasteiger partial charge in [-0.3, -0.25) is 4.79 Å². The molecule has 2 unspecified atom stereocenters. The summed E-state index contributed by atoms with van der Waals surface area (Å²) < 4.78 is 6.60. The van der Waals surface area contributed by atoms with Gasteiger partial charge in [-0.2, -0.15) is 0 Å². The van der Waals surface area contributed by atoms with E-state index in [-0.39, 0.29) is 5.91 Å². The van der Waals surface area contributed by atoms with Gasteiger partial charge in [-0.05, 0) is 63.0 Å². The van der Waals surface area contributed by atoms with Crippen LogP contribution >= 0.6 is 15.9 Å². The third-order valence-electron chi connectivity index (χ3n) is 3.51. The Morgan fingerprint density at radius 2 is 2.25 bits per heavy atom. The van der Waals surface area contributed by atoms with Gasteiger partial charge in [-0.1, -0.05) is 15.9 Å². The van der Waals surface area contributed by atoms with Gasteiger partial charge in [-0.25, -0.2) is 0 Å². The van der Waals surface area contributed by atoms with Crippen molar-refractivity contribution in [1.82, 2.24) is 10.6 Å². The molecule has 2 atom stereocenters. The van der Waals surface area contributed by atoms with Gasteiger partial charge >= 0.3 is 0 Å². The minimum atomic E-state index is -0.474. The van der Waals surface area contributed by atoms with Crippen LogP contribution in [0.1, 0.15) is 19.8 Å². The number of ether oxygens (including phenoxy) is 1. The second kappa shape index (κ2) is 7.64. The first-order chi connectivity index (χ1) is 9.65. The van der Waals surface area contributed by atoms with Crippen LogP contribution in [0.2, 0.25) is 0 Å². The average Bonchev–Trinajstić information content (AvgIpc) is 2.94. The van der Waals surface area contributed by atoms with Crippen LogP contribution in [0.15, 0.2) is 28.7 Å². The Bertz CT molecular complexity index is 430. The third kappa shape index (κ3) is 4.80. The quantitative estimate of drug-likeness (QED) is 0.835. The highest BCUT2D eigenvalue weighted by molar-refractivity contribution is 9.10. The van der Waals surface area contributed by atoms with E-state index in [9.17, 15) is 4.79 Å². The van der Waals surface area contributed by atoms with E-state index in [1.165, 1.54) is 6.42 Å². The molecule has 0 bridgehead atoms. The Kier molecular flexibility index (Phi) is 5.86. The minimum absolute atomic E-state index is 0.0566. The standard InChI is InChI=1S/C15H21BrN2O2/c1-11(20-14-4-2-13(16)3-5-14)15(19)18-9-7-12-6-8-17-10-12/h2-5,11-12,17H,6-10H2,1H3,(H,18,19). The molecule has 1 fully saturated rings. The summed E-state index contributed by atoms with van der Waals surface area (Å²) in [6.45, 7) is 4.66. The molecule has 1 aromatic rings. The Morgan fingerprint density at radius 1 is 1.50 bits per heavy atom. The highest BCUT2D eigenvalue weighted by atomic mass is 79.9. The Hall–Kier alpha value is -1.07. The summed E-state index contributed by atoms with van der Waals surface area (Å²) in [5.74, 6) is 1.34. The summed E-state index contributed by atoms with van der Waals surface area (Å²) in [5, 5.41) is 6.27. The number of carbonyl (C=O) groups is 1. The molecule has 1 aliphatic heterocycles. The number of halogens is 1. The SMILES string of the molecule is CC(Oc1ccc(Br)cc1)C(=O)NCCC1CCNC1. The molecule has 110 valence electrons. The molecule has 20 heavy (non-hydrogen) atoms. The zero-order valence-electron chi connectivity index (χ0n) is 11.7. The molecular weight excluding hydrogens is 320 g/mol. The summed E-state index contributed by atoms with van der Waals surface area (Å²) >= 11 is 3.37. The second-order valence-corrected chi connectivity index (χ2v) is 6.07. The van der Waals surface area contributed by atoms with Crippen LogP contribution in [0.25, 0.3) is 0 Å². The van der Waals surface area contributed by atoms with E-state index in [4.69, 9.17) is 4.74 Å². The van der Waals surface area contributed by atoms with Gasteiger partial charge in [0.05, 0.1) is 0 Å². The second-order valence-electron chi connectivity index (χ2n) is 5.15. The van der Waals surface area contributed by atoms with E-state index in [1.54, 1.807) is 6.92 Å². The van der Waals surface area contributed by atoms with Crippen LogP contribution in [0.5, 0.6) is 5.75 Å². The van der Waals surface area contributed by atoms with Gasteiger partial charge < -0.3 is 15.4 Å². The van der Waals surface area contributed by atoms with Crippen LogP contribution in [0.3, 0.4) is 0 Å². The predicted molar refractivity (Wildman–Crippen MR) is 82.8 cm³/mol. The van der Waals surface area contributed by atoms with Crippen molar-refractivity contribution in [1.29, 1.82) is 0 Å². The highest BCUT2D eigenvalue weighted by Crippen LogP contribution is 2.17. The first-order valence-corrected chi connectivity index (χ1v) is 7.85. The maximum atomic E-state index is 11.9. The van der Waals surface area contributed by atoms with Crippen molar-refractivity contribution >= 4 is 21.8 Å². The van der Waals surface area contributed by atoms with Crippen LogP contribution < -0.4 is 15.4 Å². The van der Waals surface area contributed by atoms with Crippen molar-refractivity contribution in [3.05, 3.63) is 28.7 Å². The zero-order valence-corrected chi connectivity index (χ0v) is 13.3. The molecule has 0 aliphatic carbocycles. The summed E-state index contributed by atoms with van der Waals surface area (Å²) in [6.07, 6.45) is 1.77. The molecule has 0 spiro atoms. The van der Waals surface area contributed by atoms with Crippen LogP contribution in [0.4, 0.5) is 0 Å². The zero-order chi connectivity index (χ0) is 14.4. The average molecular weight is 341 g/mol. The maximum Gasteiger partial charge on any atom is 0.260 e. The Labute approximate surface area is 128 Å². The lowest BCUT2D eigenvalue weighted by atomic mass is 10.1. The fourth-order valence-electron chi connectivity index (χ4n) is 2.27. The normalized spacial score (nSPS) is 19.6. The van der Waals surface area contributed by atoms with E-state index in [2.05, 4.69) is 26.6 Å². The van der Waals surface area contributed by atoms with Gasteiger partial charge in [0.1, 0.15) is 5.75 Å². The molecule has 1 amide bonds. The van der Waals surface area contributed by atoms with Crippen LogP contribution in [-0.2, 0) is 4.79 Å². The van der Waals surface area contributed by atoms with Gasteiger partial charge in [0, 0.05) is 11.0 Å². The van der Waals surface area contributed by atoms with Crippen molar-refractivity contribution in [2.24, 2.45) is 5.92 Å². The van der Waals surface area contributed by atoms with Crippen molar-refractivity contribution in [2.45, 2.75) is 25.9 Å². The smallest absolute Gasteiger partial charge is 0.260 e. The molecular formula is C15H21BrN2O2. The molecule has 1 heterocycles. The molecule has 0 radical (unpaired) electrons. The van der Waals surface area contributed by atoms with E-state index in [1.807, 2.05) is 24.3 Å². The molecule has 5 heteroatoms. The minimum Gasteiger partial charge on any atom is -0.481 e. The number of nitrogens with one attached hydrogen (secondary N) is 2. The van der Waals surface area contributed by atoms with Crippen molar-refractivity contribution in [2.75, 3.05) is 19.6 Å². The molecule has 1 aromatic carbocycles. The predicted octanol–water partition coefficient (Wildman–Crippen LogP) is 2.33. The summed E-state index contributed by atoms with van der Waals surface area (Å²) in [4.78, 5) is 11.9.